The molecule has 4 N–H and O–H groups in total. The second kappa shape index (κ2) is 5.31. The summed E-state index contributed by atoms with van der Waals surface area (Å²) in [5.74, 6) is -1.89. The van der Waals surface area contributed by atoms with Crippen molar-refractivity contribution in [1.29, 1.82) is 0 Å². The highest BCUT2D eigenvalue weighted by Gasteiger charge is 2.20. The number of carboxylic acids is 1. The second-order valence-electron chi connectivity index (χ2n) is 3.55. The molecule has 1 amide bonds. The number of hydrogen-bond donors (Lipinski definition) is 4. The molecule has 0 aliphatic rings. The summed E-state index contributed by atoms with van der Waals surface area (Å²) in [5.41, 5.74) is 0.770. The Labute approximate surface area is 97.5 Å². The largest absolute Gasteiger partial charge is 0.508 e. The first-order valence-electron chi connectivity index (χ1n) is 4.90. The van der Waals surface area contributed by atoms with Crippen molar-refractivity contribution in [3.8, 4) is 5.75 Å². The van der Waals surface area contributed by atoms with Gasteiger partial charge in [0.15, 0.2) is 6.04 Å². The number of carbonyl (C=O) groups excluding carboxylic acids is 1. The van der Waals surface area contributed by atoms with Gasteiger partial charge in [0.05, 0.1) is 6.61 Å². The molecule has 0 saturated heterocycles. The van der Waals surface area contributed by atoms with Gasteiger partial charge in [-0.3, -0.25) is 4.79 Å². The Kier molecular flexibility index (Phi) is 4.06. The van der Waals surface area contributed by atoms with Gasteiger partial charge < -0.3 is 20.6 Å². The smallest absolute Gasteiger partial charge is 0.328 e. The SMILES string of the molecule is Cc1cc(O)ccc1C(=O)N[C@H](CO)C(=O)O. The van der Waals surface area contributed by atoms with Gasteiger partial charge in [-0.2, -0.15) is 0 Å². The Morgan fingerprint density at radius 1 is 1.41 bits per heavy atom. The minimum absolute atomic E-state index is 0.0241. The molecule has 1 atom stereocenters. The van der Waals surface area contributed by atoms with Crippen LogP contribution in [0, 0.1) is 6.92 Å². The summed E-state index contributed by atoms with van der Waals surface area (Å²) in [6, 6.07) is 2.77. The number of aliphatic hydroxyl groups is 1. The van der Waals surface area contributed by atoms with Crippen LogP contribution in [0.3, 0.4) is 0 Å². The van der Waals surface area contributed by atoms with Crippen LogP contribution in [0.4, 0.5) is 0 Å². The van der Waals surface area contributed by atoms with Crippen LogP contribution in [0.5, 0.6) is 5.75 Å². The summed E-state index contributed by atoms with van der Waals surface area (Å²) in [4.78, 5) is 22.3. The molecule has 0 aliphatic carbocycles. The summed E-state index contributed by atoms with van der Waals surface area (Å²) in [6.07, 6.45) is 0. The zero-order valence-corrected chi connectivity index (χ0v) is 9.17. The van der Waals surface area contributed by atoms with Crippen LogP contribution >= 0.6 is 0 Å². The average Bonchev–Trinajstić information content (AvgIpc) is 2.24. The number of aryl methyl sites for hydroxylation is 1. The maximum Gasteiger partial charge on any atom is 0.328 e. The third-order valence-corrected chi connectivity index (χ3v) is 2.24. The maximum absolute atomic E-state index is 11.7. The van der Waals surface area contributed by atoms with Crippen molar-refractivity contribution in [3.05, 3.63) is 29.3 Å². The lowest BCUT2D eigenvalue weighted by Gasteiger charge is -2.12. The fourth-order valence-electron chi connectivity index (χ4n) is 1.32. The van der Waals surface area contributed by atoms with E-state index >= 15 is 0 Å². The lowest BCUT2D eigenvalue weighted by atomic mass is 10.1. The molecule has 0 aliphatic heterocycles. The van der Waals surface area contributed by atoms with Gasteiger partial charge >= 0.3 is 5.97 Å². The molecule has 0 radical (unpaired) electrons. The summed E-state index contributed by atoms with van der Waals surface area (Å²) in [6.45, 7) is 0.932. The van der Waals surface area contributed by atoms with Crippen LogP contribution in [0.1, 0.15) is 15.9 Å². The zero-order chi connectivity index (χ0) is 13.0. The lowest BCUT2D eigenvalue weighted by molar-refractivity contribution is -0.140. The van der Waals surface area contributed by atoms with Crippen molar-refractivity contribution in [1.82, 2.24) is 5.32 Å². The molecule has 92 valence electrons. The van der Waals surface area contributed by atoms with Gasteiger partial charge in [0.25, 0.3) is 5.91 Å². The van der Waals surface area contributed by atoms with Gasteiger partial charge in [0.1, 0.15) is 5.75 Å². The van der Waals surface area contributed by atoms with Gasteiger partial charge in [0.2, 0.25) is 0 Å². The molecular weight excluding hydrogens is 226 g/mol. The predicted molar refractivity (Wildman–Crippen MR) is 58.8 cm³/mol. The van der Waals surface area contributed by atoms with E-state index in [2.05, 4.69) is 5.32 Å². The number of carbonyl (C=O) groups is 2. The monoisotopic (exact) mass is 239 g/mol. The summed E-state index contributed by atoms with van der Waals surface area (Å²) in [7, 11) is 0. The number of aliphatic hydroxyl groups excluding tert-OH is 1. The number of aliphatic carboxylic acids is 1. The van der Waals surface area contributed by atoms with Gasteiger partial charge in [-0.25, -0.2) is 4.79 Å². The molecule has 6 heteroatoms. The Hall–Kier alpha value is -2.08. The van der Waals surface area contributed by atoms with Crippen LogP contribution < -0.4 is 5.32 Å². The molecule has 17 heavy (non-hydrogen) atoms. The highest BCUT2D eigenvalue weighted by Crippen LogP contribution is 2.15. The van der Waals surface area contributed by atoms with Gasteiger partial charge in [-0.15, -0.1) is 0 Å². The van der Waals surface area contributed by atoms with Crippen molar-refractivity contribution in [3.63, 3.8) is 0 Å². The first-order valence-corrected chi connectivity index (χ1v) is 4.90. The van der Waals surface area contributed by atoms with Crippen LogP contribution in [0.15, 0.2) is 18.2 Å². The van der Waals surface area contributed by atoms with E-state index in [9.17, 15) is 9.59 Å². The number of benzene rings is 1. The van der Waals surface area contributed by atoms with Gasteiger partial charge in [0, 0.05) is 5.56 Å². The van der Waals surface area contributed by atoms with Crippen LogP contribution in [-0.2, 0) is 4.79 Å². The van der Waals surface area contributed by atoms with E-state index < -0.39 is 24.5 Å². The number of rotatable bonds is 4. The predicted octanol–water partition coefficient (Wildman–Crippen LogP) is -0.124. The number of carboxylic acid groups (broad SMARTS) is 1. The minimum atomic E-state index is -1.34. The minimum Gasteiger partial charge on any atom is -0.508 e. The molecule has 0 bridgehead atoms. The fraction of sp³-hybridized carbons (Fsp3) is 0.273. The molecule has 0 spiro atoms. The fourth-order valence-corrected chi connectivity index (χ4v) is 1.32. The van der Waals surface area contributed by atoms with E-state index in [1.165, 1.54) is 18.2 Å². The summed E-state index contributed by atoms with van der Waals surface area (Å²) in [5, 5.41) is 28.8. The van der Waals surface area contributed by atoms with E-state index in [1.807, 2.05) is 0 Å². The normalized spacial score (nSPS) is 11.9. The molecule has 1 rings (SSSR count). The number of phenols is 1. The van der Waals surface area contributed by atoms with E-state index in [0.29, 0.717) is 5.56 Å². The quantitative estimate of drug-likeness (QED) is 0.585. The molecule has 0 heterocycles. The Bertz CT molecular complexity index is 443. The molecular formula is C11H13NO5. The highest BCUT2D eigenvalue weighted by molar-refractivity contribution is 5.97. The molecule has 0 fully saturated rings. The topological polar surface area (TPSA) is 107 Å². The molecule has 6 nitrogen and oxygen atoms in total. The van der Waals surface area contributed by atoms with E-state index in [0.717, 1.165) is 0 Å². The average molecular weight is 239 g/mol. The number of phenolic OH excluding ortho intramolecular Hbond substituents is 1. The van der Waals surface area contributed by atoms with E-state index in [4.69, 9.17) is 15.3 Å². The molecule has 0 unspecified atom stereocenters. The lowest BCUT2D eigenvalue weighted by Crippen LogP contribution is -2.43. The van der Waals surface area contributed by atoms with Crippen LogP contribution in [-0.4, -0.2) is 39.8 Å². The maximum atomic E-state index is 11.7. The summed E-state index contributed by atoms with van der Waals surface area (Å²) >= 11 is 0. The molecule has 1 aromatic carbocycles. The zero-order valence-electron chi connectivity index (χ0n) is 9.17. The van der Waals surface area contributed by atoms with Crippen molar-refractivity contribution < 1.29 is 24.9 Å². The molecule has 0 saturated carbocycles. The Balaban J connectivity index is 2.86. The molecule has 1 aromatic rings. The van der Waals surface area contributed by atoms with Gasteiger partial charge in [-0.05, 0) is 30.7 Å². The van der Waals surface area contributed by atoms with E-state index in [-0.39, 0.29) is 11.3 Å². The van der Waals surface area contributed by atoms with Crippen molar-refractivity contribution >= 4 is 11.9 Å². The Morgan fingerprint density at radius 2 is 2.06 bits per heavy atom. The third-order valence-electron chi connectivity index (χ3n) is 2.24. The number of amides is 1. The highest BCUT2D eigenvalue weighted by atomic mass is 16.4. The standard InChI is InChI=1S/C11H13NO5/c1-6-4-7(14)2-3-8(6)10(15)12-9(5-13)11(16)17/h2-4,9,13-14H,5H2,1H3,(H,12,15)(H,16,17)/t9-/m1/s1. The summed E-state index contributed by atoms with van der Waals surface area (Å²) < 4.78 is 0. The van der Waals surface area contributed by atoms with E-state index in [1.54, 1.807) is 6.92 Å². The van der Waals surface area contributed by atoms with Crippen molar-refractivity contribution in [2.75, 3.05) is 6.61 Å². The molecule has 0 aromatic heterocycles. The third kappa shape index (κ3) is 3.18. The van der Waals surface area contributed by atoms with Crippen molar-refractivity contribution in [2.45, 2.75) is 13.0 Å². The van der Waals surface area contributed by atoms with Crippen molar-refractivity contribution in [2.24, 2.45) is 0 Å². The Morgan fingerprint density at radius 3 is 2.53 bits per heavy atom. The number of nitrogens with one attached hydrogen (secondary N) is 1. The van der Waals surface area contributed by atoms with Gasteiger partial charge in [-0.1, -0.05) is 0 Å². The first kappa shape index (κ1) is 13.0. The van der Waals surface area contributed by atoms with Crippen LogP contribution in [0.2, 0.25) is 0 Å². The van der Waals surface area contributed by atoms with Crippen LogP contribution in [0.25, 0.3) is 0 Å². The second-order valence-corrected chi connectivity index (χ2v) is 3.55. The number of hydrogen-bond acceptors (Lipinski definition) is 4. The number of aromatic hydroxyl groups is 1. The first-order chi connectivity index (χ1) is 7.95.